The van der Waals surface area contributed by atoms with E-state index in [2.05, 4.69) is 23.9 Å². The lowest BCUT2D eigenvalue weighted by molar-refractivity contribution is 0.0882. The lowest BCUT2D eigenvalue weighted by atomic mass is 10.1. The Morgan fingerprint density at radius 1 is 0.871 bits per heavy atom. The van der Waals surface area contributed by atoms with E-state index in [0.717, 1.165) is 37.0 Å². The van der Waals surface area contributed by atoms with Crippen LogP contribution in [-0.2, 0) is 0 Å². The van der Waals surface area contributed by atoms with Gasteiger partial charge in [-0.05, 0) is 37.1 Å². The number of aromatic nitrogens is 3. The van der Waals surface area contributed by atoms with Crippen LogP contribution >= 0.6 is 0 Å². The third-order valence-electron chi connectivity index (χ3n) is 5.40. The van der Waals surface area contributed by atoms with Gasteiger partial charge in [0.1, 0.15) is 5.75 Å². The topological polar surface area (TPSA) is 66.2 Å². The third-order valence-corrected chi connectivity index (χ3v) is 5.40. The van der Waals surface area contributed by atoms with Crippen molar-refractivity contribution in [2.45, 2.75) is 90.9 Å². The Balaban J connectivity index is 1.92. The Labute approximate surface area is 187 Å². The molecule has 6 heteroatoms. The van der Waals surface area contributed by atoms with Crippen LogP contribution < -0.4 is 9.47 Å². The number of ether oxygens (including phenoxy) is 2. The molecule has 172 valence electrons. The summed E-state index contributed by atoms with van der Waals surface area (Å²) in [6, 6.07) is 7.76. The van der Waals surface area contributed by atoms with Crippen LogP contribution in [0.3, 0.4) is 0 Å². The quantitative estimate of drug-likeness (QED) is 0.278. The van der Waals surface area contributed by atoms with Crippen LogP contribution in [0, 0.1) is 0 Å². The van der Waals surface area contributed by atoms with Gasteiger partial charge in [0.15, 0.2) is 5.82 Å². The molecule has 0 atom stereocenters. The number of rotatable bonds is 16. The fraction of sp³-hybridized carbons (Fsp3) is 0.640. The summed E-state index contributed by atoms with van der Waals surface area (Å²) in [4.78, 5) is 17.4. The molecule has 1 aromatic heterocycles. The van der Waals surface area contributed by atoms with Crippen molar-refractivity contribution in [3.05, 3.63) is 24.3 Å². The first-order valence-electron chi connectivity index (χ1n) is 12.0. The molecule has 0 unspecified atom stereocenters. The zero-order valence-corrected chi connectivity index (χ0v) is 19.6. The average molecular weight is 430 g/mol. The van der Waals surface area contributed by atoms with Gasteiger partial charge in [-0.15, -0.1) is 5.10 Å². The Hall–Kier alpha value is -2.37. The molecule has 2 aromatic rings. The smallest absolute Gasteiger partial charge is 0.336 e. The number of hydrogen-bond acceptors (Lipinski definition) is 5. The number of benzene rings is 1. The largest absolute Gasteiger partial charge is 0.497 e. The molecule has 0 radical (unpaired) electrons. The van der Waals surface area contributed by atoms with Crippen molar-refractivity contribution in [1.29, 1.82) is 0 Å². The van der Waals surface area contributed by atoms with Gasteiger partial charge in [-0.3, -0.25) is 4.79 Å². The van der Waals surface area contributed by atoms with E-state index in [1.54, 1.807) is 7.11 Å². The van der Waals surface area contributed by atoms with Gasteiger partial charge in [-0.2, -0.15) is 9.67 Å². The van der Waals surface area contributed by atoms with Crippen molar-refractivity contribution in [2.24, 2.45) is 0 Å². The van der Waals surface area contributed by atoms with E-state index < -0.39 is 0 Å². The summed E-state index contributed by atoms with van der Waals surface area (Å²) < 4.78 is 12.3. The number of nitrogens with zero attached hydrogens (tertiary/aromatic N) is 3. The van der Waals surface area contributed by atoms with Crippen molar-refractivity contribution in [3.63, 3.8) is 0 Å². The van der Waals surface area contributed by atoms with E-state index in [1.165, 1.54) is 49.6 Å². The first kappa shape index (κ1) is 24.9. The number of hydrogen-bond donors (Lipinski definition) is 0. The van der Waals surface area contributed by atoms with Gasteiger partial charge in [-0.1, -0.05) is 71.6 Å². The number of methoxy groups -OCH3 is 1. The molecule has 0 aliphatic heterocycles. The Morgan fingerprint density at radius 2 is 1.48 bits per heavy atom. The first-order valence-corrected chi connectivity index (χ1v) is 12.0. The van der Waals surface area contributed by atoms with Crippen LogP contribution in [-0.4, -0.2) is 34.4 Å². The highest BCUT2D eigenvalue weighted by Gasteiger charge is 2.18. The molecule has 0 N–H and O–H groups in total. The molecule has 0 bridgehead atoms. The maximum atomic E-state index is 12.9. The second kappa shape index (κ2) is 14.6. The second-order valence-corrected chi connectivity index (χ2v) is 8.03. The van der Waals surface area contributed by atoms with Gasteiger partial charge >= 0.3 is 6.01 Å². The number of carbonyl (C=O) groups is 1. The molecule has 0 aliphatic rings. The molecule has 0 saturated carbocycles. The van der Waals surface area contributed by atoms with Gasteiger partial charge in [-0.25, -0.2) is 0 Å². The van der Waals surface area contributed by atoms with E-state index in [-0.39, 0.29) is 11.9 Å². The highest BCUT2D eigenvalue weighted by atomic mass is 16.5. The Morgan fingerprint density at radius 3 is 2.10 bits per heavy atom. The van der Waals surface area contributed by atoms with Crippen LogP contribution in [0.2, 0.25) is 0 Å². The normalized spacial score (nSPS) is 10.9. The van der Waals surface area contributed by atoms with Crippen molar-refractivity contribution < 1.29 is 14.3 Å². The van der Waals surface area contributed by atoms with Crippen molar-refractivity contribution in [2.75, 3.05) is 13.7 Å². The fourth-order valence-corrected chi connectivity index (χ4v) is 3.46. The number of unbranched alkanes of at least 4 members (excludes halogenated alkanes) is 9. The third kappa shape index (κ3) is 8.72. The summed E-state index contributed by atoms with van der Waals surface area (Å²) in [6.45, 7) is 4.90. The van der Waals surface area contributed by atoms with Gasteiger partial charge in [0.05, 0.1) is 13.7 Å². The molecule has 0 fully saturated rings. The molecule has 0 aliphatic carbocycles. The van der Waals surface area contributed by atoms with E-state index in [1.807, 2.05) is 24.3 Å². The van der Waals surface area contributed by atoms with Crippen LogP contribution in [0.15, 0.2) is 24.3 Å². The second-order valence-electron chi connectivity index (χ2n) is 8.03. The average Bonchev–Trinajstić information content (AvgIpc) is 3.22. The van der Waals surface area contributed by atoms with Gasteiger partial charge in [0.2, 0.25) is 5.91 Å². The number of carbonyl (C=O) groups excluding carboxylic acids is 1. The summed E-state index contributed by atoms with van der Waals surface area (Å²) in [5.41, 5.74) is 0.819. The summed E-state index contributed by atoms with van der Waals surface area (Å²) in [5.74, 6) is 1.25. The van der Waals surface area contributed by atoms with Crippen LogP contribution in [0.5, 0.6) is 11.8 Å². The fourth-order valence-electron chi connectivity index (χ4n) is 3.46. The van der Waals surface area contributed by atoms with Crippen molar-refractivity contribution in [3.8, 4) is 23.1 Å². The molecule has 0 spiro atoms. The summed E-state index contributed by atoms with van der Waals surface area (Å²) in [6.07, 6.45) is 13.4. The summed E-state index contributed by atoms with van der Waals surface area (Å²) in [5, 5.41) is 4.36. The molecular formula is C25H39N3O3. The lowest BCUT2D eigenvalue weighted by Crippen LogP contribution is -2.14. The first-order chi connectivity index (χ1) is 15.2. The minimum absolute atomic E-state index is 0.0356. The van der Waals surface area contributed by atoms with Crippen molar-refractivity contribution in [1.82, 2.24) is 14.8 Å². The Bertz CT molecular complexity index is 756. The van der Waals surface area contributed by atoms with Crippen LogP contribution in [0.1, 0.15) is 95.7 Å². The monoisotopic (exact) mass is 429 g/mol. The van der Waals surface area contributed by atoms with E-state index >= 15 is 0 Å². The maximum absolute atomic E-state index is 12.9. The summed E-state index contributed by atoms with van der Waals surface area (Å²) >= 11 is 0. The van der Waals surface area contributed by atoms with E-state index in [0.29, 0.717) is 18.9 Å². The minimum Gasteiger partial charge on any atom is -0.497 e. The zero-order chi connectivity index (χ0) is 22.3. The highest BCUT2D eigenvalue weighted by Crippen LogP contribution is 2.23. The summed E-state index contributed by atoms with van der Waals surface area (Å²) in [7, 11) is 1.63. The van der Waals surface area contributed by atoms with Crippen molar-refractivity contribution >= 4 is 5.91 Å². The molecule has 1 aromatic carbocycles. The Kier molecular flexibility index (Phi) is 11.7. The molecule has 31 heavy (non-hydrogen) atoms. The van der Waals surface area contributed by atoms with Gasteiger partial charge < -0.3 is 9.47 Å². The molecule has 6 nitrogen and oxygen atoms in total. The van der Waals surface area contributed by atoms with E-state index in [4.69, 9.17) is 9.47 Å². The molecular weight excluding hydrogens is 390 g/mol. The SMILES string of the molecule is CCCCCCCCCCCC(=O)n1nc(OCCCC)nc1-c1ccc(OC)cc1. The minimum atomic E-state index is -0.0356. The van der Waals surface area contributed by atoms with Gasteiger partial charge in [0.25, 0.3) is 0 Å². The molecule has 2 rings (SSSR count). The predicted molar refractivity (Wildman–Crippen MR) is 125 cm³/mol. The molecule has 0 saturated heterocycles. The maximum Gasteiger partial charge on any atom is 0.336 e. The van der Waals surface area contributed by atoms with Crippen LogP contribution in [0.4, 0.5) is 0 Å². The van der Waals surface area contributed by atoms with Crippen LogP contribution in [0.25, 0.3) is 11.4 Å². The standard InChI is InChI=1S/C25H39N3O3/c1-4-6-8-9-10-11-12-13-14-15-23(29)28-24(21-16-18-22(30-3)19-17-21)26-25(27-28)31-20-7-5-2/h16-19H,4-15,20H2,1-3H3. The molecule has 0 amide bonds. The highest BCUT2D eigenvalue weighted by molar-refractivity contribution is 5.82. The zero-order valence-electron chi connectivity index (χ0n) is 19.6. The lowest BCUT2D eigenvalue weighted by Gasteiger charge is -2.06. The predicted octanol–water partition coefficient (Wildman–Crippen LogP) is 6.69. The molecule has 1 heterocycles. The van der Waals surface area contributed by atoms with Gasteiger partial charge in [0, 0.05) is 12.0 Å². The van der Waals surface area contributed by atoms with E-state index in [9.17, 15) is 4.79 Å².